The summed E-state index contributed by atoms with van der Waals surface area (Å²) < 4.78 is 1.66. The van der Waals surface area contributed by atoms with Gasteiger partial charge in [-0.25, -0.2) is 0 Å². The van der Waals surface area contributed by atoms with Gasteiger partial charge in [-0.3, -0.25) is 9.48 Å². The Labute approximate surface area is 95.6 Å². The van der Waals surface area contributed by atoms with Gasteiger partial charge in [0.1, 0.15) is 0 Å². The smallest absolute Gasteiger partial charge is 0.257 e. The van der Waals surface area contributed by atoms with E-state index in [1.807, 2.05) is 11.9 Å². The van der Waals surface area contributed by atoms with Crippen molar-refractivity contribution < 1.29 is 4.79 Å². The molecule has 0 aliphatic carbocycles. The van der Waals surface area contributed by atoms with Gasteiger partial charge in [0.25, 0.3) is 5.91 Å². The number of hydrogen-bond acceptors (Lipinski definition) is 3. The normalized spacial score (nSPS) is 20.8. The standard InChI is InChI=1S/C11H18N4O/c1-13(2)10-4-5-15(8-10)11(16)9-6-12-14(3)7-9/h6-7,10H,4-5,8H2,1-3H3. The molecule has 16 heavy (non-hydrogen) atoms. The van der Waals surface area contributed by atoms with Gasteiger partial charge < -0.3 is 9.80 Å². The van der Waals surface area contributed by atoms with Crippen LogP contribution in [-0.4, -0.2) is 58.7 Å². The van der Waals surface area contributed by atoms with Crippen LogP contribution in [0.2, 0.25) is 0 Å². The Morgan fingerprint density at radius 1 is 1.56 bits per heavy atom. The second-order valence-electron chi connectivity index (χ2n) is 4.56. The summed E-state index contributed by atoms with van der Waals surface area (Å²) in [7, 11) is 5.94. The largest absolute Gasteiger partial charge is 0.337 e. The molecule has 0 radical (unpaired) electrons. The van der Waals surface area contributed by atoms with Crippen LogP contribution >= 0.6 is 0 Å². The van der Waals surface area contributed by atoms with E-state index in [-0.39, 0.29) is 5.91 Å². The van der Waals surface area contributed by atoms with Crippen molar-refractivity contribution in [1.29, 1.82) is 0 Å². The number of likely N-dealkylation sites (tertiary alicyclic amines) is 1. The fourth-order valence-electron chi connectivity index (χ4n) is 2.06. The van der Waals surface area contributed by atoms with Crippen molar-refractivity contribution in [3.8, 4) is 0 Å². The van der Waals surface area contributed by atoms with Crippen molar-refractivity contribution in [3.63, 3.8) is 0 Å². The lowest BCUT2D eigenvalue weighted by atomic mass is 10.2. The molecule has 1 saturated heterocycles. The highest BCUT2D eigenvalue weighted by Gasteiger charge is 2.28. The van der Waals surface area contributed by atoms with Gasteiger partial charge in [-0.2, -0.15) is 5.10 Å². The Hall–Kier alpha value is -1.36. The van der Waals surface area contributed by atoms with Gasteiger partial charge in [0, 0.05) is 32.4 Å². The zero-order chi connectivity index (χ0) is 11.7. The fraction of sp³-hybridized carbons (Fsp3) is 0.636. The van der Waals surface area contributed by atoms with Crippen LogP contribution in [-0.2, 0) is 7.05 Å². The molecule has 1 aromatic heterocycles. The molecule has 1 amide bonds. The van der Waals surface area contributed by atoms with Crippen LogP contribution in [0.3, 0.4) is 0 Å². The van der Waals surface area contributed by atoms with Crippen LogP contribution in [0, 0.1) is 0 Å². The lowest BCUT2D eigenvalue weighted by molar-refractivity contribution is 0.0783. The summed E-state index contributed by atoms with van der Waals surface area (Å²) in [5.74, 6) is 0.0949. The number of amides is 1. The van der Waals surface area contributed by atoms with Crippen molar-refractivity contribution in [1.82, 2.24) is 19.6 Å². The first-order valence-electron chi connectivity index (χ1n) is 5.52. The minimum atomic E-state index is 0.0949. The Morgan fingerprint density at radius 3 is 2.81 bits per heavy atom. The predicted molar refractivity (Wildman–Crippen MR) is 61.2 cm³/mol. The summed E-state index contributed by atoms with van der Waals surface area (Å²) in [6.07, 6.45) is 4.45. The molecule has 0 saturated carbocycles. The maximum absolute atomic E-state index is 12.1. The van der Waals surface area contributed by atoms with Gasteiger partial charge in [-0.15, -0.1) is 0 Å². The Balaban J connectivity index is 2.02. The highest BCUT2D eigenvalue weighted by Crippen LogP contribution is 2.15. The quantitative estimate of drug-likeness (QED) is 0.717. The molecule has 0 spiro atoms. The molecule has 5 nitrogen and oxygen atoms in total. The van der Waals surface area contributed by atoms with Crippen molar-refractivity contribution in [2.75, 3.05) is 27.2 Å². The maximum atomic E-state index is 12.1. The van der Waals surface area contributed by atoms with Crippen molar-refractivity contribution in [2.24, 2.45) is 7.05 Å². The van der Waals surface area contributed by atoms with Crippen molar-refractivity contribution in [3.05, 3.63) is 18.0 Å². The number of aryl methyl sites for hydroxylation is 1. The number of carbonyl (C=O) groups is 1. The lowest BCUT2D eigenvalue weighted by Crippen LogP contribution is -2.34. The first kappa shape index (κ1) is 11.1. The molecule has 0 N–H and O–H groups in total. The van der Waals surface area contributed by atoms with Crippen LogP contribution in [0.4, 0.5) is 0 Å². The Kier molecular flexibility index (Phi) is 2.96. The maximum Gasteiger partial charge on any atom is 0.257 e. The van der Waals surface area contributed by atoms with E-state index < -0.39 is 0 Å². The van der Waals surface area contributed by atoms with Gasteiger partial charge in [-0.1, -0.05) is 0 Å². The summed E-state index contributed by atoms with van der Waals surface area (Å²) in [6, 6.07) is 0.487. The number of aromatic nitrogens is 2. The third-order valence-electron chi connectivity index (χ3n) is 3.13. The van der Waals surface area contributed by atoms with Gasteiger partial charge in [0.15, 0.2) is 0 Å². The Morgan fingerprint density at radius 2 is 2.31 bits per heavy atom. The lowest BCUT2D eigenvalue weighted by Gasteiger charge is -2.19. The molecular formula is C11H18N4O. The fourth-order valence-corrected chi connectivity index (χ4v) is 2.06. The third kappa shape index (κ3) is 2.09. The van der Waals surface area contributed by atoms with Gasteiger partial charge in [0.05, 0.1) is 11.8 Å². The number of carbonyl (C=O) groups excluding carboxylic acids is 1. The first-order chi connectivity index (χ1) is 7.58. The molecule has 1 fully saturated rings. The number of nitrogens with zero attached hydrogens (tertiary/aromatic N) is 4. The topological polar surface area (TPSA) is 41.4 Å². The van der Waals surface area contributed by atoms with Gasteiger partial charge in [0.2, 0.25) is 0 Å². The van der Waals surface area contributed by atoms with Crippen molar-refractivity contribution >= 4 is 5.91 Å². The van der Waals surface area contributed by atoms with E-state index in [1.165, 1.54) is 0 Å². The monoisotopic (exact) mass is 222 g/mol. The molecule has 2 rings (SSSR count). The summed E-state index contributed by atoms with van der Waals surface area (Å²) in [5, 5.41) is 4.02. The highest BCUT2D eigenvalue weighted by atomic mass is 16.2. The van der Waals surface area contributed by atoms with E-state index in [0.29, 0.717) is 11.6 Å². The molecule has 5 heteroatoms. The van der Waals surface area contributed by atoms with E-state index in [0.717, 1.165) is 19.5 Å². The molecule has 0 bridgehead atoms. The minimum Gasteiger partial charge on any atom is -0.337 e. The zero-order valence-electron chi connectivity index (χ0n) is 10.1. The second-order valence-corrected chi connectivity index (χ2v) is 4.56. The molecule has 1 aliphatic heterocycles. The zero-order valence-corrected chi connectivity index (χ0v) is 10.1. The summed E-state index contributed by atoms with van der Waals surface area (Å²) >= 11 is 0. The SMILES string of the molecule is CN(C)C1CCN(C(=O)c2cnn(C)c2)C1. The molecule has 0 aromatic carbocycles. The van der Waals surface area contributed by atoms with Crippen LogP contribution in [0.1, 0.15) is 16.8 Å². The van der Waals surface area contributed by atoms with Crippen LogP contribution in [0.15, 0.2) is 12.4 Å². The van der Waals surface area contributed by atoms with Crippen LogP contribution < -0.4 is 0 Å². The molecule has 88 valence electrons. The molecular weight excluding hydrogens is 204 g/mol. The molecule has 2 heterocycles. The first-order valence-corrected chi connectivity index (χ1v) is 5.52. The number of likely N-dealkylation sites (N-methyl/N-ethyl adjacent to an activating group) is 1. The van der Waals surface area contributed by atoms with E-state index in [9.17, 15) is 4.79 Å². The number of hydrogen-bond donors (Lipinski definition) is 0. The van der Waals surface area contributed by atoms with Crippen LogP contribution in [0.25, 0.3) is 0 Å². The van der Waals surface area contributed by atoms with Crippen LogP contribution in [0.5, 0.6) is 0 Å². The average molecular weight is 222 g/mol. The average Bonchev–Trinajstić information content (AvgIpc) is 2.84. The van der Waals surface area contributed by atoms with E-state index in [1.54, 1.807) is 17.1 Å². The predicted octanol–water partition coefficient (Wildman–Crippen LogP) is 0.196. The summed E-state index contributed by atoms with van der Waals surface area (Å²) in [5.41, 5.74) is 0.682. The molecule has 1 unspecified atom stereocenters. The highest BCUT2D eigenvalue weighted by molar-refractivity contribution is 5.93. The Bertz CT molecular complexity index is 385. The van der Waals surface area contributed by atoms with Gasteiger partial charge >= 0.3 is 0 Å². The third-order valence-corrected chi connectivity index (χ3v) is 3.13. The summed E-state index contributed by atoms with van der Waals surface area (Å²) in [4.78, 5) is 16.2. The second kappa shape index (κ2) is 4.25. The summed E-state index contributed by atoms with van der Waals surface area (Å²) in [6.45, 7) is 1.66. The number of rotatable bonds is 2. The van der Waals surface area contributed by atoms with E-state index >= 15 is 0 Å². The molecule has 1 aliphatic rings. The van der Waals surface area contributed by atoms with E-state index in [4.69, 9.17) is 0 Å². The molecule has 1 aromatic rings. The van der Waals surface area contributed by atoms with Crippen molar-refractivity contribution in [2.45, 2.75) is 12.5 Å². The van der Waals surface area contributed by atoms with E-state index in [2.05, 4.69) is 24.1 Å². The van der Waals surface area contributed by atoms with Gasteiger partial charge in [-0.05, 0) is 20.5 Å². The molecule has 1 atom stereocenters. The minimum absolute atomic E-state index is 0.0949.